The largest absolute Gasteiger partial charge is 0.494 e. The summed E-state index contributed by atoms with van der Waals surface area (Å²) in [6.07, 6.45) is 8.47. The van der Waals surface area contributed by atoms with E-state index in [1.807, 2.05) is 0 Å². The Morgan fingerprint density at radius 3 is 2.44 bits per heavy atom. The fourth-order valence-corrected chi connectivity index (χ4v) is 3.18. The fourth-order valence-electron chi connectivity index (χ4n) is 3.04. The van der Waals surface area contributed by atoms with Crippen molar-refractivity contribution in [1.29, 1.82) is 0 Å². The number of ether oxygens (including phenoxy) is 1. The minimum atomic E-state index is -0.336. The number of hydrazine groups is 1. The minimum absolute atomic E-state index is 0.0228. The van der Waals surface area contributed by atoms with Crippen molar-refractivity contribution in [2.45, 2.75) is 58.3 Å². The van der Waals surface area contributed by atoms with Gasteiger partial charge in [-0.1, -0.05) is 39.0 Å². The average Bonchev–Trinajstić information content (AvgIpc) is 2.70. The van der Waals surface area contributed by atoms with Crippen LogP contribution in [0.3, 0.4) is 0 Å². The van der Waals surface area contributed by atoms with Crippen LogP contribution in [0, 0.1) is 5.92 Å². The maximum Gasteiger partial charge on any atom is 0.257 e. The summed E-state index contributed by atoms with van der Waals surface area (Å²) in [5.74, 6) is 0.352. The molecule has 0 unspecified atom stereocenters. The molecule has 1 aromatic carbocycles. The molecule has 1 saturated carbocycles. The van der Waals surface area contributed by atoms with E-state index in [1.165, 1.54) is 6.42 Å². The van der Waals surface area contributed by atoms with Crippen LogP contribution in [0.2, 0.25) is 0 Å². The molecule has 0 aromatic heterocycles. The van der Waals surface area contributed by atoms with Crippen LogP contribution >= 0.6 is 12.2 Å². The van der Waals surface area contributed by atoms with Gasteiger partial charge in [0.2, 0.25) is 5.91 Å². The lowest BCUT2D eigenvalue weighted by molar-refractivity contribution is -0.126. The number of hydrogen-bond donors (Lipinski definition) is 3. The Balaban J connectivity index is 1.71. The highest BCUT2D eigenvalue weighted by atomic mass is 32.1. The number of hydrogen-bond acceptors (Lipinski definition) is 4. The molecule has 0 heterocycles. The van der Waals surface area contributed by atoms with Gasteiger partial charge in [-0.3, -0.25) is 25.8 Å². The topological polar surface area (TPSA) is 79.5 Å². The van der Waals surface area contributed by atoms with Crippen molar-refractivity contribution in [3.05, 3.63) is 29.8 Å². The Morgan fingerprint density at radius 2 is 1.78 bits per heavy atom. The molecule has 7 heteroatoms. The van der Waals surface area contributed by atoms with Crippen molar-refractivity contribution in [3.63, 3.8) is 0 Å². The molecule has 1 aromatic rings. The molecule has 0 radical (unpaired) electrons. The van der Waals surface area contributed by atoms with E-state index in [1.54, 1.807) is 24.3 Å². The van der Waals surface area contributed by atoms with Crippen molar-refractivity contribution in [2.75, 3.05) is 6.61 Å². The van der Waals surface area contributed by atoms with Gasteiger partial charge in [-0.05, 0) is 55.7 Å². The SMILES string of the molecule is CCCCCOc1ccc(C(=O)NC(=S)NNC(=O)C2CCCCC2)cc1. The summed E-state index contributed by atoms with van der Waals surface area (Å²) in [5, 5.41) is 2.63. The molecule has 0 aliphatic heterocycles. The molecular formula is C20H29N3O3S. The third-order valence-electron chi connectivity index (χ3n) is 4.64. The quantitative estimate of drug-likeness (QED) is 0.377. The number of rotatable bonds is 7. The summed E-state index contributed by atoms with van der Waals surface area (Å²) < 4.78 is 5.63. The molecule has 6 nitrogen and oxygen atoms in total. The Kier molecular flexibility index (Phi) is 9.04. The third-order valence-corrected chi connectivity index (χ3v) is 4.84. The lowest BCUT2D eigenvalue weighted by atomic mass is 9.89. The van der Waals surface area contributed by atoms with Crippen molar-refractivity contribution >= 4 is 29.1 Å². The molecule has 2 rings (SSSR count). The molecule has 1 fully saturated rings. The van der Waals surface area contributed by atoms with E-state index < -0.39 is 0 Å². The van der Waals surface area contributed by atoms with E-state index in [4.69, 9.17) is 17.0 Å². The third kappa shape index (κ3) is 7.54. The van der Waals surface area contributed by atoms with Crippen molar-refractivity contribution in [3.8, 4) is 5.75 Å². The van der Waals surface area contributed by atoms with Gasteiger partial charge in [-0.25, -0.2) is 0 Å². The normalized spacial score (nSPS) is 14.3. The summed E-state index contributed by atoms with van der Waals surface area (Å²) in [4.78, 5) is 24.3. The summed E-state index contributed by atoms with van der Waals surface area (Å²) in [6, 6.07) is 6.91. The van der Waals surface area contributed by atoms with Crippen LogP contribution < -0.4 is 20.9 Å². The predicted octanol–water partition coefficient (Wildman–Crippen LogP) is 3.47. The first-order valence-electron chi connectivity index (χ1n) is 9.74. The second-order valence-corrected chi connectivity index (χ2v) is 7.22. The first-order chi connectivity index (χ1) is 13.1. The van der Waals surface area contributed by atoms with Gasteiger partial charge in [0.1, 0.15) is 5.75 Å². The van der Waals surface area contributed by atoms with Gasteiger partial charge in [-0.15, -0.1) is 0 Å². The molecule has 2 amide bonds. The van der Waals surface area contributed by atoms with Gasteiger partial charge in [0.15, 0.2) is 5.11 Å². The second-order valence-electron chi connectivity index (χ2n) is 6.81. The van der Waals surface area contributed by atoms with E-state index in [9.17, 15) is 9.59 Å². The van der Waals surface area contributed by atoms with Gasteiger partial charge in [0.25, 0.3) is 5.91 Å². The standard InChI is InChI=1S/C20H29N3O3S/c1-2-3-7-14-26-17-12-10-16(11-13-17)18(24)21-20(27)23-22-19(25)15-8-5-4-6-9-15/h10-13,15H,2-9,14H2,1H3,(H,22,25)(H2,21,23,24,27). The Labute approximate surface area is 166 Å². The summed E-state index contributed by atoms with van der Waals surface area (Å²) in [7, 11) is 0. The molecule has 0 bridgehead atoms. The Bertz CT molecular complexity index is 628. The van der Waals surface area contributed by atoms with Crippen LogP contribution in [0.15, 0.2) is 24.3 Å². The molecular weight excluding hydrogens is 362 g/mol. The number of amides is 2. The highest BCUT2D eigenvalue weighted by Gasteiger charge is 2.21. The van der Waals surface area contributed by atoms with E-state index in [0.29, 0.717) is 12.2 Å². The minimum Gasteiger partial charge on any atom is -0.494 e. The Hall–Kier alpha value is -2.15. The average molecular weight is 392 g/mol. The number of thiocarbonyl (C=S) groups is 1. The number of unbranched alkanes of at least 4 members (excludes halogenated alkanes) is 2. The van der Waals surface area contributed by atoms with Gasteiger partial charge < -0.3 is 4.74 Å². The fraction of sp³-hybridized carbons (Fsp3) is 0.550. The second kappa shape index (κ2) is 11.5. The van der Waals surface area contributed by atoms with Crippen LogP contribution in [0.5, 0.6) is 5.75 Å². The summed E-state index contributed by atoms with van der Waals surface area (Å²) in [6.45, 7) is 2.82. The van der Waals surface area contributed by atoms with E-state index in [2.05, 4.69) is 23.1 Å². The molecule has 3 N–H and O–H groups in total. The Morgan fingerprint density at radius 1 is 1.07 bits per heavy atom. The molecule has 148 valence electrons. The van der Waals surface area contributed by atoms with E-state index >= 15 is 0 Å². The van der Waals surface area contributed by atoms with Gasteiger partial charge in [0, 0.05) is 11.5 Å². The monoisotopic (exact) mass is 391 g/mol. The zero-order valence-electron chi connectivity index (χ0n) is 15.9. The van der Waals surface area contributed by atoms with Crippen LogP contribution in [0.4, 0.5) is 0 Å². The maximum atomic E-state index is 12.2. The molecule has 27 heavy (non-hydrogen) atoms. The zero-order valence-corrected chi connectivity index (χ0v) is 16.7. The van der Waals surface area contributed by atoms with Crippen LogP contribution in [0.1, 0.15) is 68.6 Å². The van der Waals surface area contributed by atoms with Gasteiger partial charge in [0.05, 0.1) is 6.61 Å². The highest BCUT2D eigenvalue weighted by Crippen LogP contribution is 2.23. The number of carbonyl (C=O) groups is 2. The van der Waals surface area contributed by atoms with E-state index in [0.717, 1.165) is 50.7 Å². The lowest BCUT2D eigenvalue weighted by Gasteiger charge is -2.21. The van der Waals surface area contributed by atoms with Crippen molar-refractivity contribution in [2.24, 2.45) is 5.92 Å². The molecule has 1 aliphatic carbocycles. The number of carbonyl (C=O) groups excluding carboxylic acids is 2. The number of benzene rings is 1. The predicted molar refractivity (Wildman–Crippen MR) is 109 cm³/mol. The van der Waals surface area contributed by atoms with Crippen LogP contribution in [0.25, 0.3) is 0 Å². The van der Waals surface area contributed by atoms with Gasteiger partial charge in [-0.2, -0.15) is 0 Å². The first kappa shape index (κ1) is 21.2. The zero-order chi connectivity index (χ0) is 19.5. The molecule has 0 saturated heterocycles. The smallest absolute Gasteiger partial charge is 0.257 e. The molecule has 1 aliphatic rings. The molecule has 0 atom stereocenters. The highest BCUT2D eigenvalue weighted by molar-refractivity contribution is 7.80. The van der Waals surface area contributed by atoms with Crippen molar-refractivity contribution < 1.29 is 14.3 Å². The summed E-state index contributed by atoms with van der Waals surface area (Å²) in [5.41, 5.74) is 5.66. The summed E-state index contributed by atoms with van der Waals surface area (Å²) >= 11 is 5.08. The molecule has 0 spiro atoms. The lowest BCUT2D eigenvalue weighted by Crippen LogP contribution is -2.50. The van der Waals surface area contributed by atoms with E-state index in [-0.39, 0.29) is 22.8 Å². The van der Waals surface area contributed by atoms with Crippen LogP contribution in [-0.4, -0.2) is 23.5 Å². The first-order valence-corrected chi connectivity index (χ1v) is 10.1. The number of nitrogens with one attached hydrogen (secondary N) is 3. The van der Waals surface area contributed by atoms with Gasteiger partial charge >= 0.3 is 0 Å². The van der Waals surface area contributed by atoms with Crippen molar-refractivity contribution in [1.82, 2.24) is 16.2 Å². The maximum absolute atomic E-state index is 12.2. The van der Waals surface area contributed by atoms with Crippen LogP contribution in [-0.2, 0) is 4.79 Å².